The Kier molecular flexibility index (Phi) is 2.95. The van der Waals surface area contributed by atoms with E-state index < -0.39 is 0 Å². The van der Waals surface area contributed by atoms with E-state index in [-0.39, 0.29) is 0 Å². The molecule has 5 nitrogen and oxygen atoms in total. The van der Waals surface area contributed by atoms with Gasteiger partial charge in [-0.1, -0.05) is 6.07 Å². The van der Waals surface area contributed by atoms with E-state index in [4.69, 9.17) is 5.73 Å². The molecule has 3 N–H and O–H groups in total. The van der Waals surface area contributed by atoms with Crippen molar-refractivity contribution in [3.8, 4) is 0 Å². The highest BCUT2D eigenvalue weighted by Gasteiger charge is 1.96. The van der Waals surface area contributed by atoms with Gasteiger partial charge in [-0.3, -0.25) is 4.98 Å². The van der Waals surface area contributed by atoms with Crippen LogP contribution in [0.3, 0.4) is 0 Å². The van der Waals surface area contributed by atoms with Crippen LogP contribution in [-0.2, 0) is 6.54 Å². The molecule has 0 amide bonds. The van der Waals surface area contributed by atoms with Crippen LogP contribution in [0.4, 0.5) is 11.6 Å². The van der Waals surface area contributed by atoms with Crippen LogP contribution < -0.4 is 11.1 Å². The molecule has 16 heavy (non-hydrogen) atoms. The molecule has 2 heterocycles. The number of hydrogen-bond donors (Lipinski definition) is 2. The molecule has 0 saturated heterocycles. The number of nitrogens with one attached hydrogen (secondary N) is 1. The summed E-state index contributed by atoms with van der Waals surface area (Å²) in [5.41, 5.74) is 7.55. The lowest BCUT2D eigenvalue weighted by Crippen LogP contribution is -2.03. The molecule has 0 aliphatic carbocycles. The van der Waals surface area contributed by atoms with Gasteiger partial charge in [0.05, 0.1) is 12.4 Å². The largest absolute Gasteiger partial charge is 0.382 e. The zero-order valence-electron chi connectivity index (χ0n) is 9.01. The first-order valence-electron chi connectivity index (χ1n) is 4.97. The summed E-state index contributed by atoms with van der Waals surface area (Å²) >= 11 is 0. The van der Waals surface area contributed by atoms with Gasteiger partial charge in [0.25, 0.3) is 0 Å². The van der Waals surface area contributed by atoms with Crippen molar-refractivity contribution in [1.82, 2.24) is 15.0 Å². The highest BCUT2D eigenvalue weighted by atomic mass is 15.0. The van der Waals surface area contributed by atoms with Crippen LogP contribution in [0.5, 0.6) is 0 Å². The third-order valence-electron chi connectivity index (χ3n) is 2.12. The summed E-state index contributed by atoms with van der Waals surface area (Å²) in [6.45, 7) is 2.63. The van der Waals surface area contributed by atoms with Gasteiger partial charge in [0.15, 0.2) is 0 Å². The van der Waals surface area contributed by atoms with Crippen LogP contribution in [0.2, 0.25) is 0 Å². The Morgan fingerprint density at radius 3 is 2.62 bits per heavy atom. The fourth-order valence-electron chi connectivity index (χ4n) is 1.22. The number of hydrogen-bond acceptors (Lipinski definition) is 5. The third kappa shape index (κ3) is 2.66. The normalized spacial score (nSPS) is 10.1. The van der Waals surface area contributed by atoms with Crippen LogP contribution in [-0.4, -0.2) is 15.0 Å². The number of nitrogen functional groups attached to an aromatic ring is 1. The molecule has 0 aliphatic rings. The van der Waals surface area contributed by atoms with Crippen LogP contribution in [0, 0.1) is 6.92 Å². The van der Waals surface area contributed by atoms with Crippen molar-refractivity contribution in [2.75, 3.05) is 11.1 Å². The average molecular weight is 215 g/mol. The SMILES string of the molecule is Cc1ccc(CNc2cnc(N)cn2)cn1. The molecule has 0 saturated carbocycles. The summed E-state index contributed by atoms with van der Waals surface area (Å²) in [6, 6.07) is 4.01. The van der Waals surface area contributed by atoms with Gasteiger partial charge in [-0.25, -0.2) is 9.97 Å². The predicted molar refractivity (Wildman–Crippen MR) is 62.7 cm³/mol. The van der Waals surface area contributed by atoms with E-state index in [0.717, 1.165) is 11.3 Å². The number of nitrogens with two attached hydrogens (primary N) is 1. The van der Waals surface area contributed by atoms with Gasteiger partial charge in [0, 0.05) is 18.4 Å². The zero-order chi connectivity index (χ0) is 11.4. The predicted octanol–water partition coefficient (Wildman–Crippen LogP) is 1.37. The van der Waals surface area contributed by atoms with Crippen molar-refractivity contribution in [2.45, 2.75) is 13.5 Å². The maximum atomic E-state index is 5.44. The highest BCUT2D eigenvalue weighted by molar-refractivity contribution is 5.36. The summed E-state index contributed by atoms with van der Waals surface area (Å²) < 4.78 is 0. The van der Waals surface area contributed by atoms with Gasteiger partial charge in [-0.05, 0) is 18.6 Å². The first kappa shape index (κ1) is 10.4. The minimum atomic E-state index is 0.419. The van der Waals surface area contributed by atoms with Crippen molar-refractivity contribution in [2.24, 2.45) is 0 Å². The van der Waals surface area contributed by atoms with E-state index in [9.17, 15) is 0 Å². The van der Waals surface area contributed by atoms with Crippen LogP contribution >= 0.6 is 0 Å². The van der Waals surface area contributed by atoms with E-state index in [2.05, 4.69) is 20.3 Å². The Bertz CT molecular complexity index is 403. The second-order valence-electron chi connectivity index (χ2n) is 3.49. The topological polar surface area (TPSA) is 76.7 Å². The average Bonchev–Trinajstić information content (AvgIpc) is 2.30. The molecule has 82 valence electrons. The van der Waals surface area contributed by atoms with Gasteiger partial charge in [0.2, 0.25) is 0 Å². The monoisotopic (exact) mass is 215 g/mol. The Hall–Kier alpha value is -2.17. The lowest BCUT2D eigenvalue weighted by atomic mass is 10.2. The quantitative estimate of drug-likeness (QED) is 0.808. The molecule has 2 aromatic rings. The minimum Gasteiger partial charge on any atom is -0.382 e. The summed E-state index contributed by atoms with van der Waals surface area (Å²) in [4.78, 5) is 12.2. The summed E-state index contributed by atoms with van der Waals surface area (Å²) in [5.74, 6) is 1.12. The smallest absolute Gasteiger partial charge is 0.144 e. The maximum absolute atomic E-state index is 5.44. The molecule has 5 heteroatoms. The fourth-order valence-corrected chi connectivity index (χ4v) is 1.22. The molecule has 0 aromatic carbocycles. The van der Waals surface area contributed by atoms with Gasteiger partial charge >= 0.3 is 0 Å². The molecule has 0 aliphatic heterocycles. The Balaban J connectivity index is 1.97. The first-order valence-corrected chi connectivity index (χ1v) is 4.97. The first-order chi connectivity index (χ1) is 7.74. The van der Waals surface area contributed by atoms with Crippen molar-refractivity contribution in [3.05, 3.63) is 42.0 Å². The van der Waals surface area contributed by atoms with Gasteiger partial charge < -0.3 is 11.1 Å². The van der Waals surface area contributed by atoms with Crippen LogP contribution in [0.1, 0.15) is 11.3 Å². The molecule has 0 unspecified atom stereocenters. The molecule has 0 bridgehead atoms. The number of anilines is 2. The van der Waals surface area contributed by atoms with Crippen LogP contribution in [0.25, 0.3) is 0 Å². The molecular formula is C11H13N5. The lowest BCUT2D eigenvalue weighted by molar-refractivity contribution is 1.06. The van der Waals surface area contributed by atoms with Gasteiger partial charge in [-0.15, -0.1) is 0 Å². The number of rotatable bonds is 3. The minimum absolute atomic E-state index is 0.419. The maximum Gasteiger partial charge on any atom is 0.144 e. The van der Waals surface area contributed by atoms with Crippen molar-refractivity contribution in [3.63, 3.8) is 0 Å². The Morgan fingerprint density at radius 1 is 1.12 bits per heavy atom. The molecule has 0 spiro atoms. The van der Waals surface area contributed by atoms with Gasteiger partial charge in [0.1, 0.15) is 11.6 Å². The Morgan fingerprint density at radius 2 is 2.00 bits per heavy atom. The molecule has 0 fully saturated rings. The number of aryl methyl sites for hydroxylation is 1. The fraction of sp³-hybridized carbons (Fsp3) is 0.182. The molecule has 2 rings (SSSR count). The summed E-state index contributed by atoms with van der Waals surface area (Å²) in [7, 11) is 0. The van der Waals surface area contributed by atoms with Crippen molar-refractivity contribution >= 4 is 11.6 Å². The van der Waals surface area contributed by atoms with E-state index in [0.29, 0.717) is 18.2 Å². The molecule has 0 atom stereocenters. The number of nitrogens with zero attached hydrogens (tertiary/aromatic N) is 3. The number of aromatic nitrogens is 3. The number of pyridine rings is 1. The van der Waals surface area contributed by atoms with E-state index in [1.165, 1.54) is 6.20 Å². The summed E-state index contributed by atoms with van der Waals surface area (Å²) in [5, 5.41) is 3.14. The van der Waals surface area contributed by atoms with Crippen LogP contribution in [0.15, 0.2) is 30.7 Å². The highest BCUT2D eigenvalue weighted by Crippen LogP contribution is 2.05. The van der Waals surface area contributed by atoms with E-state index in [1.54, 1.807) is 6.20 Å². The van der Waals surface area contributed by atoms with Crippen molar-refractivity contribution in [1.29, 1.82) is 0 Å². The molecule has 2 aromatic heterocycles. The second kappa shape index (κ2) is 4.57. The summed E-state index contributed by atoms with van der Waals surface area (Å²) in [6.07, 6.45) is 4.97. The second-order valence-corrected chi connectivity index (χ2v) is 3.49. The zero-order valence-corrected chi connectivity index (χ0v) is 9.01. The lowest BCUT2D eigenvalue weighted by Gasteiger charge is -2.05. The standard InChI is InChI=1S/C11H13N5/c1-8-2-3-9(4-13-8)5-15-11-7-14-10(12)6-16-11/h2-4,6-7H,5H2,1H3,(H2,12,14)(H,15,16). The van der Waals surface area contributed by atoms with E-state index in [1.807, 2.05) is 25.3 Å². The Labute approximate surface area is 93.8 Å². The molecule has 0 radical (unpaired) electrons. The van der Waals surface area contributed by atoms with Crippen molar-refractivity contribution < 1.29 is 0 Å². The van der Waals surface area contributed by atoms with Gasteiger partial charge in [-0.2, -0.15) is 0 Å². The van der Waals surface area contributed by atoms with E-state index >= 15 is 0 Å². The molecular weight excluding hydrogens is 202 g/mol. The third-order valence-corrected chi connectivity index (χ3v) is 2.12.